The van der Waals surface area contributed by atoms with E-state index in [1.165, 1.54) is 0 Å². The minimum Gasteiger partial charge on any atom is -0.399 e. The minimum atomic E-state index is -4.59. The van der Waals surface area contributed by atoms with Crippen LogP contribution in [0, 0.1) is 5.82 Å². The van der Waals surface area contributed by atoms with Crippen LogP contribution in [0.15, 0.2) is 12.1 Å². The van der Waals surface area contributed by atoms with Crippen molar-refractivity contribution in [3.63, 3.8) is 0 Å². The fraction of sp³-hybridized carbons (Fsp3) is 0.625. The van der Waals surface area contributed by atoms with Crippen molar-refractivity contribution in [3.05, 3.63) is 29.1 Å². The molecule has 0 radical (unpaired) electrons. The number of hydrogen-bond donors (Lipinski definition) is 0. The van der Waals surface area contributed by atoms with Gasteiger partial charge in [0.1, 0.15) is 5.82 Å². The molecule has 0 N–H and O–H groups in total. The maximum atomic E-state index is 14.3. The van der Waals surface area contributed by atoms with E-state index >= 15 is 0 Å². The first-order valence-electron chi connectivity index (χ1n) is 7.68. The summed E-state index contributed by atoms with van der Waals surface area (Å²) in [5.74, 6) is -0.728. The second kappa shape index (κ2) is 4.96. The lowest BCUT2D eigenvalue weighted by molar-refractivity contribution is -0.137. The highest BCUT2D eigenvalue weighted by atomic mass is 19.4. The molecule has 1 aliphatic heterocycles. The van der Waals surface area contributed by atoms with E-state index in [9.17, 15) is 17.6 Å². The maximum absolute atomic E-state index is 14.3. The summed E-state index contributed by atoms with van der Waals surface area (Å²) in [5.41, 5.74) is -2.60. The predicted molar refractivity (Wildman–Crippen MR) is 79.1 cm³/mol. The van der Waals surface area contributed by atoms with Gasteiger partial charge in [-0.25, -0.2) is 4.39 Å². The number of hydrogen-bond acceptors (Lipinski definition) is 2. The molecule has 0 amide bonds. The summed E-state index contributed by atoms with van der Waals surface area (Å²) < 4.78 is 66.0. The third kappa shape index (κ3) is 2.89. The lowest BCUT2D eigenvalue weighted by Crippen LogP contribution is -2.41. The van der Waals surface area contributed by atoms with Crippen LogP contribution in [0.4, 0.5) is 17.6 Å². The second-order valence-corrected chi connectivity index (χ2v) is 7.32. The monoisotopic (exact) mass is 330 g/mol. The molecule has 2 aliphatic rings. The molecular formula is C16H19BF4O2. The first kappa shape index (κ1) is 16.8. The summed E-state index contributed by atoms with van der Waals surface area (Å²) in [6, 6.07) is 1.85. The van der Waals surface area contributed by atoms with Crippen LogP contribution in [0.3, 0.4) is 0 Å². The smallest absolute Gasteiger partial charge is 0.399 e. The molecule has 1 heterocycles. The van der Waals surface area contributed by atoms with Crippen LogP contribution in [0.25, 0.3) is 0 Å². The van der Waals surface area contributed by atoms with Crippen LogP contribution in [0.1, 0.15) is 57.6 Å². The van der Waals surface area contributed by atoms with Gasteiger partial charge in [0, 0.05) is 0 Å². The Labute approximate surface area is 133 Å². The van der Waals surface area contributed by atoms with Gasteiger partial charge in [0.2, 0.25) is 0 Å². The van der Waals surface area contributed by atoms with Crippen molar-refractivity contribution in [2.24, 2.45) is 0 Å². The highest BCUT2D eigenvalue weighted by Gasteiger charge is 2.54. The van der Waals surface area contributed by atoms with Crippen LogP contribution < -0.4 is 5.46 Å². The number of benzene rings is 1. The molecule has 2 nitrogen and oxygen atoms in total. The Morgan fingerprint density at radius 2 is 1.57 bits per heavy atom. The Balaban J connectivity index is 2.07. The Morgan fingerprint density at radius 1 is 1.04 bits per heavy atom. The molecule has 1 aromatic rings. The zero-order valence-corrected chi connectivity index (χ0v) is 13.6. The lowest BCUT2D eigenvalue weighted by atomic mass is 9.75. The van der Waals surface area contributed by atoms with Crippen molar-refractivity contribution in [2.45, 2.75) is 63.8 Å². The fourth-order valence-corrected chi connectivity index (χ4v) is 2.72. The molecule has 0 bridgehead atoms. The SMILES string of the molecule is CC1(C)OB(c2cc(F)c(C3CC3)cc2C(F)(F)F)OC1(C)C. The summed E-state index contributed by atoms with van der Waals surface area (Å²) in [7, 11) is -1.24. The molecule has 1 saturated heterocycles. The zero-order chi connectivity index (χ0) is 17.2. The van der Waals surface area contributed by atoms with Gasteiger partial charge in [-0.1, -0.05) is 0 Å². The predicted octanol–water partition coefficient (Wildman–Crippen LogP) is 4.02. The van der Waals surface area contributed by atoms with E-state index in [4.69, 9.17) is 9.31 Å². The molecule has 2 fully saturated rings. The van der Waals surface area contributed by atoms with Gasteiger partial charge >= 0.3 is 13.3 Å². The van der Waals surface area contributed by atoms with E-state index in [0.29, 0.717) is 0 Å². The Bertz CT molecular complexity index is 620. The summed E-state index contributed by atoms with van der Waals surface area (Å²) in [6.07, 6.45) is -3.13. The third-order valence-corrected chi connectivity index (χ3v) is 5.00. The van der Waals surface area contributed by atoms with E-state index in [2.05, 4.69) is 0 Å². The molecule has 1 saturated carbocycles. The van der Waals surface area contributed by atoms with Crippen LogP contribution in [0.2, 0.25) is 0 Å². The first-order valence-corrected chi connectivity index (χ1v) is 7.68. The van der Waals surface area contributed by atoms with Gasteiger partial charge in [-0.15, -0.1) is 0 Å². The van der Waals surface area contributed by atoms with E-state index < -0.39 is 35.9 Å². The Morgan fingerprint density at radius 3 is 2.00 bits per heavy atom. The summed E-state index contributed by atoms with van der Waals surface area (Å²) in [5, 5.41) is 0. The minimum absolute atomic E-state index is 0.108. The van der Waals surface area contributed by atoms with E-state index in [-0.39, 0.29) is 16.9 Å². The van der Waals surface area contributed by atoms with Crippen LogP contribution >= 0.6 is 0 Å². The largest absolute Gasteiger partial charge is 0.495 e. The van der Waals surface area contributed by atoms with Crippen LogP contribution in [0.5, 0.6) is 0 Å². The number of halogens is 4. The first-order chi connectivity index (χ1) is 10.4. The lowest BCUT2D eigenvalue weighted by Gasteiger charge is -2.32. The molecule has 23 heavy (non-hydrogen) atoms. The molecular weight excluding hydrogens is 311 g/mol. The maximum Gasteiger partial charge on any atom is 0.495 e. The standard InChI is InChI=1S/C16H19BF4O2/c1-14(2)15(3,4)23-17(22-14)12-8-13(18)10(9-5-6-9)7-11(12)16(19,20)21/h7-9H,5-6H2,1-4H3. The normalized spacial score (nSPS) is 23.4. The topological polar surface area (TPSA) is 18.5 Å². The van der Waals surface area contributed by atoms with E-state index in [0.717, 1.165) is 25.0 Å². The molecule has 7 heteroatoms. The summed E-state index contributed by atoms with van der Waals surface area (Å²) in [4.78, 5) is 0. The van der Waals surface area contributed by atoms with Crippen molar-refractivity contribution >= 4 is 12.6 Å². The Kier molecular flexibility index (Phi) is 3.62. The summed E-state index contributed by atoms with van der Waals surface area (Å²) in [6.45, 7) is 6.98. The molecule has 0 spiro atoms. The van der Waals surface area contributed by atoms with Crippen molar-refractivity contribution < 1.29 is 26.9 Å². The van der Waals surface area contributed by atoms with Gasteiger partial charge in [0.05, 0.1) is 16.8 Å². The van der Waals surface area contributed by atoms with Gasteiger partial charge in [-0.2, -0.15) is 13.2 Å². The molecule has 0 atom stereocenters. The molecule has 0 aromatic heterocycles. The van der Waals surface area contributed by atoms with Crippen molar-refractivity contribution in [1.29, 1.82) is 0 Å². The molecule has 126 valence electrons. The number of rotatable bonds is 2. The average molecular weight is 330 g/mol. The van der Waals surface area contributed by atoms with E-state index in [1.807, 2.05) is 0 Å². The van der Waals surface area contributed by atoms with E-state index in [1.54, 1.807) is 27.7 Å². The van der Waals surface area contributed by atoms with Gasteiger partial charge < -0.3 is 9.31 Å². The van der Waals surface area contributed by atoms with Gasteiger partial charge in [0.15, 0.2) is 0 Å². The summed E-state index contributed by atoms with van der Waals surface area (Å²) >= 11 is 0. The van der Waals surface area contributed by atoms with Gasteiger partial charge in [0.25, 0.3) is 0 Å². The molecule has 1 aromatic carbocycles. The average Bonchev–Trinajstić information content (AvgIpc) is 3.16. The molecule has 1 aliphatic carbocycles. The fourth-order valence-electron chi connectivity index (χ4n) is 2.72. The number of alkyl halides is 3. The highest BCUT2D eigenvalue weighted by molar-refractivity contribution is 6.62. The van der Waals surface area contributed by atoms with Crippen LogP contribution in [-0.4, -0.2) is 18.3 Å². The van der Waals surface area contributed by atoms with Gasteiger partial charge in [-0.05, 0) is 69.6 Å². The van der Waals surface area contributed by atoms with Gasteiger partial charge in [-0.3, -0.25) is 0 Å². The molecule has 3 rings (SSSR count). The quantitative estimate of drug-likeness (QED) is 0.602. The van der Waals surface area contributed by atoms with Crippen molar-refractivity contribution in [3.8, 4) is 0 Å². The van der Waals surface area contributed by atoms with Crippen molar-refractivity contribution in [1.82, 2.24) is 0 Å². The molecule has 0 unspecified atom stereocenters. The zero-order valence-electron chi connectivity index (χ0n) is 13.6. The highest BCUT2D eigenvalue weighted by Crippen LogP contribution is 2.44. The van der Waals surface area contributed by atoms with Crippen LogP contribution in [-0.2, 0) is 15.5 Å². The third-order valence-electron chi connectivity index (χ3n) is 5.00. The van der Waals surface area contributed by atoms with Crippen molar-refractivity contribution in [2.75, 3.05) is 0 Å². The Hall–Kier alpha value is -1.08. The second-order valence-electron chi connectivity index (χ2n) is 7.32.